The molecule has 0 saturated heterocycles. The molecule has 122 valence electrons. The summed E-state index contributed by atoms with van der Waals surface area (Å²) in [5, 5.41) is 3.02. The molecule has 0 saturated carbocycles. The minimum Gasteiger partial charge on any atom is -0.350 e. The topological polar surface area (TPSA) is 96.8 Å². The number of benzene rings is 1. The van der Waals surface area contributed by atoms with Crippen LogP contribution in [0.3, 0.4) is 0 Å². The Kier molecular flexibility index (Phi) is 4.57. The van der Waals surface area contributed by atoms with Gasteiger partial charge in [-0.3, -0.25) is 19.1 Å². The number of H-pyrrole nitrogens is 1. The second-order valence-corrected chi connectivity index (χ2v) is 5.88. The molecule has 0 fully saturated rings. The van der Waals surface area contributed by atoms with Crippen LogP contribution in [0.5, 0.6) is 0 Å². The lowest BCUT2D eigenvalue weighted by atomic mass is 10.2. The van der Waals surface area contributed by atoms with Crippen LogP contribution in [0.1, 0.15) is 10.4 Å². The van der Waals surface area contributed by atoms with Gasteiger partial charge in [0.15, 0.2) is 0 Å². The lowest BCUT2D eigenvalue weighted by Crippen LogP contribution is -2.39. The number of halogens is 1. The highest BCUT2D eigenvalue weighted by molar-refractivity contribution is 9.10. The van der Waals surface area contributed by atoms with Crippen LogP contribution in [0.25, 0.3) is 11.0 Å². The highest BCUT2D eigenvalue weighted by Crippen LogP contribution is 2.15. The molecule has 0 aliphatic heterocycles. The van der Waals surface area contributed by atoms with Crippen molar-refractivity contribution in [3.05, 3.63) is 73.5 Å². The predicted molar refractivity (Wildman–Crippen MR) is 93.1 cm³/mol. The third-order valence-electron chi connectivity index (χ3n) is 3.49. The molecule has 24 heavy (non-hydrogen) atoms. The molecule has 0 aliphatic carbocycles. The first-order valence-corrected chi connectivity index (χ1v) is 7.98. The van der Waals surface area contributed by atoms with Crippen LogP contribution in [0, 0.1) is 0 Å². The third-order valence-corrected chi connectivity index (χ3v) is 4.18. The number of nitrogens with zero attached hydrogens (tertiary/aromatic N) is 2. The molecule has 1 amide bonds. The lowest BCUT2D eigenvalue weighted by Gasteiger charge is -2.08. The summed E-state index contributed by atoms with van der Waals surface area (Å²) in [5.41, 5.74) is -0.249. The number of hydrogen-bond acceptors (Lipinski definition) is 4. The minimum atomic E-state index is -0.554. The van der Waals surface area contributed by atoms with Gasteiger partial charge in [0.25, 0.3) is 11.5 Å². The van der Waals surface area contributed by atoms with Gasteiger partial charge in [-0.25, -0.2) is 9.78 Å². The van der Waals surface area contributed by atoms with Crippen LogP contribution in [-0.4, -0.2) is 27.0 Å². The molecule has 8 heteroatoms. The molecule has 1 aromatic carbocycles. The molecular formula is C16H13BrN4O3. The zero-order chi connectivity index (χ0) is 17.1. The number of hydrogen-bond donors (Lipinski definition) is 2. The number of carbonyl (C=O) groups is 1. The fourth-order valence-electron chi connectivity index (χ4n) is 2.31. The van der Waals surface area contributed by atoms with Gasteiger partial charge in [0.2, 0.25) is 0 Å². The monoisotopic (exact) mass is 388 g/mol. The van der Waals surface area contributed by atoms with E-state index in [1.807, 2.05) is 6.07 Å². The maximum Gasteiger partial charge on any atom is 0.330 e. The third kappa shape index (κ3) is 3.13. The van der Waals surface area contributed by atoms with Crippen molar-refractivity contribution < 1.29 is 4.79 Å². The number of amides is 1. The summed E-state index contributed by atoms with van der Waals surface area (Å²) in [6.07, 6.45) is 1.50. The number of nitrogens with one attached hydrogen (secondary N) is 2. The molecule has 7 nitrogen and oxygen atoms in total. The molecule has 2 aromatic heterocycles. The second-order valence-electron chi connectivity index (χ2n) is 5.02. The number of carbonyl (C=O) groups excluding carboxylic acids is 1. The van der Waals surface area contributed by atoms with Crippen LogP contribution in [0.4, 0.5) is 0 Å². The fourth-order valence-corrected chi connectivity index (χ4v) is 2.77. The van der Waals surface area contributed by atoms with E-state index in [1.165, 1.54) is 6.20 Å². The Hall–Kier alpha value is -2.74. The van der Waals surface area contributed by atoms with Crippen molar-refractivity contribution in [3.8, 4) is 0 Å². The maximum absolute atomic E-state index is 12.3. The van der Waals surface area contributed by atoms with Crippen LogP contribution < -0.4 is 16.6 Å². The van der Waals surface area contributed by atoms with Crippen molar-refractivity contribution in [2.45, 2.75) is 6.54 Å². The smallest absolute Gasteiger partial charge is 0.330 e. The summed E-state index contributed by atoms with van der Waals surface area (Å²) < 4.78 is 1.72. The first kappa shape index (κ1) is 16.1. The van der Waals surface area contributed by atoms with E-state index >= 15 is 0 Å². The molecule has 2 heterocycles. The Balaban J connectivity index is 1.77. The van der Waals surface area contributed by atoms with Crippen molar-refractivity contribution in [2.75, 3.05) is 6.54 Å². The minimum absolute atomic E-state index is 0.0647. The summed E-state index contributed by atoms with van der Waals surface area (Å²) >= 11 is 3.31. The van der Waals surface area contributed by atoms with Gasteiger partial charge in [0.05, 0.1) is 10.9 Å². The Morgan fingerprint density at radius 3 is 2.79 bits per heavy atom. The Bertz CT molecular complexity index is 1030. The van der Waals surface area contributed by atoms with E-state index in [9.17, 15) is 14.4 Å². The van der Waals surface area contributed by atoms with Crippen LogP contribution in [0.2, 0.25) is 0 Å². The van der Waals surface area contributed by atoms with Gasteiger partial charge in [0.1, 0.15) is 5.65 Å². The van der Waals surface area contributed by atoms with Crippen molar-refractivity contribution in [3.63, 3.8) is 0 Å². The molecule has 0 spiro atoms. The molecule has 0 radical (unpaired) electrons. The van der Waals surface area contributed by atoms with E-state index in [0.29, 0.717) is 15.4 Å². The summed E-state index contributed by atoms with van der Waals surface area (Å²) in [4.78, 5) is 43.0. The zero-order valence-corrected chi connectivity index (χ0v) is 14.0. The molecule has 0 bridgehead atoms. The average Bonchev–Trinajstić information content (AvgIpc) is 2.58. The molecule has 0 unspecified atom stereocenters. The molecule has 3 aromatic rings. The first-order chi connectivity index (χ1) is 11.6. The standard InChI is InChI=1S/C16H13BrN4O3/c17-12-6-2-1-4-10(12)14(22)19-8-9-21-15(23)11-5-3-7-18-13(11)20-16(21)24/h1-7H,8-9H2,(H,19,22)(H,18,20,24). The van der Waals surface area contributed by atoms with E-state index in [0.717, 1.165) is 4.57 Å². The van der Waals surface area contributed by atoms with Crippen molar-refractivity contribution in [1.29, 1.82) is 0 Å². The first-order valence-electron chi connectivity index (χ1n) is 7.18. The number of aromatic amines is 1. The average molecular weight is 389 g/mol. The highest BCUT2D eigenvalue weighted by atomic mass is 79.9. The van der Waals surface area contributed by atoms with E-state index in [-0.39, 0.29) is 24.6 Å². The highest BCUT2D eigenvalue weighted by Gasteiger charge is 2.10. The summed E-state index contributed by atoms with van der Waals surface area (Å²) in [6, 6.07) is 10.2. The summed E-state index contributed by atoms with van der Waals surface area (Å²) in [7, 11) is 0. The van der Waals surface area contributed by atoms with Crippen molar-refractivity contribution in [2.24, 2.45) is 0 Å². The van der Waals surface area contributed by atoms with Gasteiger partial charge < -0.3 is 5.32 Å². The van der Waals surface area contributed by atoms with Crippen LogP contribution in [0.15, 0.2) is 56.7 Å². The normalized spacial score (nSPS) is 10.7. The van der Waals surface area contributed by atoms with Crippen molar-refractivity contribution >= 4 is 32.9 Å². The summed E-state index contributed by atoms with van der Waals surface area (Å²) in [5.74, 6) is -0.283. The van der Waals surface area contributed by atoms with Gasteiger partial charge in [-0.1, -0.05) is 12.1 Å². The molecule has 0 aliphatic rings. The number of pyridine rings is 1. The van der Waals surface area contributed by atoms with E-state index in [1.54, 1.807) is 30.3 Å². The largest absolute Gasteiger partial charge is 0.350 e. The molecule has 2 N–H and O–H groups in total. The second kappa shape index (κ2) is 6.79. The fraction of sp³-hybridized carbons (Fsp3) is 0.125. The summed E-state index contributed by atoms with van der Waals surface area (Å²) in [6.45, 7) is 0.212. The quantitative estimate of drug-likeness (QED) is 0.703. The predicted octanol–water partition coefficient (Wildman–Crippen LogP) is 1.28. The van der Waals surface area contributed by atoms with Gasteiger partial charge in [-0.15, -0.1) is 0 Å². The molecular weight excluding hydrogens is 376 g/mol. The number of fused-ring (bicyclic) bond motifs is 1. The molecule has 0 atom stereocenters. The lowest BCUT2D eigenvalue weighted by molar-refractivity contribution is 0.0951. The SMILES string of the molecule is O=C(NCCn1c(=O)[nH]c2ncccc2c1=O)c1ccccc1Br. The van der Waals surface area contributed by atoms with Crippen molar-refractivity contribution in [1.82, 2.24) is 19.9 Å². The Morgan fingerprint density at radius 1 is 1.21 bits per heavy atom. The van der Waals surface area contributed by atoms with Gasteiger partial charge in [0, 0.05) is 23.8 Å². The Labute approximate surface area is 144 Å². The van der Waals surface area contributed by atoms with E-state index < -0.39 is 11.2 Å². The van der Waals surface area contributed by atoms with Gasteiger partial charge in [-0.2, -0.15) is 0 Å². The zero-order valence-electron chi connectivity index (χ0n) is 12.5. The van der Waals surface area contributed by atoms with E-state index in [4.69, 9.17) is 0 Å². The van der Waals surface area contributed by atoms with Gasteiger partial charge in [-0.05, 0) is 40.2 Å². The number of rotatable bonds is 4. The van der Waals surface area contributed by atoms with E-state index in [2.05, 4.69) is 31.2 Å². The van der Waals surface area contributed by atoms with Gasteiger partial charge >= 0.3 is 5.69 Å². The number of aromatic nitrogens is 3. The van der Waals surface area contributed by atoms with Crippen LogP contribution >= 0.6 is 15.9 Å². The maximum atomic E-state index is 12.3. The van der Waals surface area contributed by atoms with Crippen LogP contribution in [-0.2, 0) is 6.54 Å². The molecule has 3 rings (SSSR count). The Morgan fingerprint density at radius 2 is 2.00 bits per heavy atom.